The lowest BCUT2D eigenvalue weighted by molar-refractivity contribution is 0.313. The van der Waals surface area contributed by atoms with E-state index in [4.69, 9.17) is 17.3 Å². The SMILES string of the molecule is C=C(C)SCCN/C=C(\N)C(C)(C)NC(=C)c1cc(Cl)cc(N2CCN(C)CC2)c1. The van der Waals surface area contributed by atoms with E-state index in [1.165, 1.54) is 0 Å². The van der Waals surface area contributed by atoms with E-state index in [1.807, 2.05) is 39.1 Å². The van der Waals surface area contributed by atoms with Crippen LogP contribution in [0.15, 0.2) is 48.2 Å². The van der Waals surface area contributed by atoms with Gasteiger partial charge < -0.3 is 26.2 Å². The Kier molecular flexibility index (Phi) is 9.01. The van der Waals surface area contributed by atoms with E-state index in [-0.39, 0.29) is 0 Å². The summed E-state index contributed by atoms with van der Waals surface area (Å²) < 4.78 is 0. The molecule has 4 N–H and O–H groups in total. The molecule has 1 fully saturated rings. The number of likely N-dealkylation sites (N-methyl/N-ethyl adjacent to an activating group) is 1. The first-order chi connectivity index (χ1) is 14.1. The number of hydrogen-bond acceptors (Lipinski definition) is 6. The number of piperazine rings is 1. The summed E-state index contributed by atoms with van der Waals surface area (Å²) in [6.45, 7) is 19.2. The average Bonchev–Trinajstić information content (AvgIpc) is 2.67. The van der Waals surface area contributed by atoms with Crippen molar-refractivity contribution in [3.8, 4) is 0 Å². The lowest BCUT2D eigenvalue weighted by Crippen LogP contribution is -2.44. The van der Waals surface area contributed by atoms with Crippen LogP contribution < -0.4 is 21.3 Å². The van der Waals surface area contributed by atoms with Crippen molar-refractivity contribution < 1.29 is 0 Å². The topological polar surface area (TPSA) is 56.6 Å². The van der Waals surface area contributed by atoms with Crippen molar-refractivity contribution in [1.82, 2.24) is 15.5 Å². The molecule has 0 bridgehead atoms. The van der Waals surface area contributed by atoms with E-state index < -0.39 is 5.54 Å². The first kappa shape index (κ1) is 24.5. The molecule has 1 aromatic rings. The van der Waals surface area contributed by atoms with Crippen molar-refractivity contribution >= 4 is 34.7 Å². The van der Waals surface area contributed by atoms with Crippen LogP contribution in [0.2, 0.25) is 5.02 Å². The first-order valence-corrected chi connectivity index (χ1v) is 11.6. The second-order valence-electron chi connectivity index (χ2n) is 8.32. The minimum Gasteiger partial charge on any atom is -0.399 e. The van der Waals surface area contributed by atoms with E-state index in [2.05, 4.69) is 46.7 Å². The molecule has 1 heterocycles. The number of nitrogens with two attached hydrogens (primary N) is 1. The van der Waals surface area contributed by atoms with E-state index in [9.17, 15) is 0 Å². The third-order valence-corrected chi connectivity index (χ3v) is 6.26. The smallest absolute Gasteiger partial charge is 0.0726 e. The van der Waals surface area contributed by atoms with Gasteiger partial charge in [0.15, 0.2) is 0 Å². The third kappa shape index (κ3) is 7.49. The standard InChI is InChI=1S/C23H36ClN5S/c1-17(2)30-12-7-26-16-22(25)23(4,5)27-18(3)19-13-20(24)15-21(14-19)29-10-8-28(6)9-11-29/h13-16,26-27H,1,3,7-12,25H2,2,4-6H3/b22-16-. The lowest BCUT2D eigenvalue weighted by atomic mass is 9.99. The van der Waals surface area contributed by atoms with Gasteiger partial charge in [-0.1, -0.05) is 24.8 Å². The monoisotopic (exact) mass is 449 g/mol. The Labute approximate surface area is 191 Å². The van der Waals surface area contributed by atoms with Crippen molar-refractivity contribution in [3.05, 3.63) is 58.7 Å². The largest absolute Gasteiger partial charge is 0.399 e. The number of nitrogens with one attached hydrogen (secondary N) is 2. The Bertz CT molecular complexity index is 782. The Balaban J connectivity index is 2.02. The fourth-order valence-corrected chi connectivity index (χ4v) is 3.96. The maximum absolute atomic E-state index is 6.44. The van der Waals surface area contributed by atoms with Crippen LogP contribution in [0.25, 0.3) is 5.70 Å². The maximum Gasteiger partial charge on any atom is 0.0726 e. The van der Waals surface area contributed by atoms with Gasteiger partial charge in [0.25, 0.3) is 0 Å². The third-order valence-electron chi connectivity index (χ3n) is 5.14. The van der Waals surface area contributed by atoms with Crippen LogP contribution in [-0.2, 0) is 0 Å². The summed E-state index contributed by atoms with van der Waals surface area (Å²) in [5.74, 6) is 0.956. The normalized spacial score (nSPS) is 15.8. The van der Waals surface area contributed by atoms with Crippen LogP contribution in [0, 0.1) is 0 Å². The fourth-order valence-electron chi connectivity index (χ4n) is 3.16. The zero-order valence-electron chi connectivity index (χ0n) is 18.7. The first-order valence-electron chi connectivity index (χ1n) is 10.3. The van der Waals surface area contributed by atoms with Gasteiger partial charge in [-0.3, -0.25) is 0 Å². The molecule has 0 radical (unpaired) electrons. The lowest BCUT2D eigenvalue weighted by Gasteiger charge is -2.34. The molecule has 0 amide bonds. The highest BCUT2D eigenvalue weighted by Crippen LogP contribution is 2.27. The van der Waals surface area contributed by atoms with Crippen molar-refractivity contribution in [3.63, 3.8) is 0 Å². The molecule has 0 unspecified atom stereocenters. The predicted octanol–water partition coefficient (Wildman–Crippen LogP) is 4.09. The molecule has 0 spiro atoms. The van der Waals surface area contributed by atoms with Gasteiger partial charge in [-0.05, 0) is 50.9 Å². The zero-order valence-corrected chi connectivity index (χ0v) is 20.3. The summed E-state index contributed by atoms with van der Waals surface area (Å²) in [6, 6.07) is 6.12. The molecule has 0 aromatic heterocycles. The van der Waals surface area contributed by atoms with Gasteiger partial charge in [-0.15, -0.1) is 11.8 Å². The van der Waals surface area contributed by atoms with Gasteiger partial charge in [0.05, 0.1) is 5.54 Å². The molecule has 0 aliphatic carbocycles. The second kappa shape index (κ2) is 11.0. The Morgan fingerprint density at radius 1 is 1.23 bits per heavy atom. The summed E-state index contributed by atoms with van der Waals surface area (Å²) in [5, 5.41) is 7.45. The number of hydrogen-bond donors (Lipinski definition) is 3. The van der Waals surface area contributed by atoms with Crippen LogP contribution in [0.3, 0.4) is 0 Å². The minimum absolute atomic E-state index is 0.456. The van der Waals surface area contributed by atoms with Crippen LogP contribution in [0.4, 0.5) is 5.69 Å². The molecule has 2 rings (SSSR count). The summed E-state index contributed by atoms with van der Waals surface area (Å²) in [6.07, 6.45) is 1.87. The molecule has 0 saturated carbocycles. The second-order valence-corrected chi connectivity index (χ2v) is 10.2. The molecule has 7 heteroatoms. The summed E-state index contributed by atoms with van der Waals surface area (Å²) >= 11 is 8.17. The Morgan fingerprint density at radius 2 is 1.90 bits per heavy atom. The Hall–Kier alpha value is -1.76. The molecule has 1 aliphatic heterocycles. The highest BCUT2D eigenvalue weighted by atomic mass is 35.5. The van der Waals surface area contributed by atoms with E-state index in [1.54, 1.807) is 11.8 Å². The van der Waals surface area contributed by atoms with Crippen molar-refractivity contribution in [2.45, 2.75) is 26.3 Å². The number of nitrogens with zero attached hydrogens (tertiary/aromatic N) is 2. The van der Waals surface area contributed by atoms with Crippen LogP contribution >= 0.6 is 23.4 Å². The molecule has 1 saturated heterocycles. The maximum atomic E-state index is 6.44. The number of allylic oxidation sites excluding steroid dienone is 1. The van der Waals surface area contributed by atoms with Gasteiger partial charge in [0, 0.05) is 72.3 Å². The Morgan fingerprint density at radius 3 is 2.53 bits per heavy atom. The van der Waals surface area contributed by atoms with Crippen LogP contribution in [0.1, 0.15) is 26.3 Å². The molecule has 166 valence electrons. The number of halogens is 1. The van der Waals surface area contributed by atoms with Gasteiger partial charge in [-0.2, -0.15) is 0 Å². The van der Waals surface area contributed by atoms with Crippen LogP contribution in [0.5, 0.6) is 0 Å². The zero-order chi connectivity index (χ0) is 22.3. The highest BCUT2D eigenvalue weighted by Gasteiger charge is 2.22. The number of thioether (sulfide) groups is 1. The quantitative estimate of drug-likeness (QED) is 0.468. The average molecular weight is 450 g/mol. The van der Waals surface area contributed by atoms with Crippen molar-refractivity contribution in [2.75, 3.05) is 50.4 Å². The van der Waals surface area contributed by atoms with Gasteiger partial charge in [-0.25, -0.2) is 0 Å². The summed E-state index contributed by atoms with van der Waals surface area (Å²) in [4.78, 5) is 5.82. The molecular weight excluding hydrogens is 414 g/mol. The molecule has 5 nitrogen and oxygen atoms in total. The highest BCUT2D eigenvalue weighted by molar-refractivity contribution is 8.03. The minimum atomic E-state index is -0.456. The fraction of sp³-hybridized carbons (Fsp3) is 0.478. The molecule has 1 aliphatic rings. The molecular formula is C23H36ClN5S. The van der Waals surface area contributed by atoms with Crippen molar-refractivity contribution in [1.29, 1.82) is 0 Å². The van der Waals surface area contributed by atoms with Gasteiger partial charge in [0.1, 0.15) is 0 Å². The van der Waals surface area contributed by atoms with E-state index in [0.29, 0.717) is 10.7 Å². The van der Waals surface area contributed by atoms with Gasteiger partial charge >= 0.3 is 0 Å². The van der Waals surface area contributed by atoms with E-state index >= 15 is 0 Å². The predicted molar refractivity (Wildman–Crippen MR) is 135 cm³/mol. The molecule has 1 aromatic carbocycles. The van der Waals surface area contributed by atoms with Crippen LogP contribution in [-0.4, -0.2) is 56.0 Å². The molecule has 30 heavy (non-hydrogen) atoms. The number of benzene rings is 1. The number of rotatable bonds is 10. The van der Waals surface area contributed by atoms with Crippen molar-refractivity contribution in [2.24, 2.45) is 5.73 Å². The van der Waals surface area contributed by atoms with Gasteiger partial charge in [0.2, 0.25) is 0 Å². The van der Waals surface area contributed by atoms with E-state index in [0.717, 1.165) is 60.3 Å². The number of anilines is 1. The summed E-state index contributed by atoms with van der Waals surface area (Å²) in [7, 11) is 2.15. The summed E-state index contributed by atoms with van der Waals surface area (Å²) in [5.41, 5.74) is 9.50. The molecule has 0 atom stereocenters.